The van der Waals surface area contributed by atoms with Gasteiger partial charge in [-0.3, -0.25) is 14.8 Å². The fourth-order valence-electron chi connectivity index (χ4n) is 2.83. The Kier molecular flexibility index (Phi) is 7.24. The Bertz CT molecular complexity index is 1180. The van der Waals surface area contributed by atoms with Crippen LogP contribution in [0.3, 0.4) is 0 Å². The number of amides is 1. The highest BCUT2D eigenvalue weighted by atomic mass is 35.5. The maximum Gasteiger partial charge on any atom is 0.261 e. The van der Waals surface area contributed by atoms with Gasteiger partial charge in [-0.1, -0.05) is 36.8 Å². The van der Waals surface area contributed by atoms with Crippen molar-refractivity contribution in [2.45, 2.75) is 37.5 Å². The lowest BCUT2D eigenvalue weighted by Gasteiger charge is -2.10. The molecule has 7 nitrogen and oxygen atoms in total. The summed E-state index contributed by atoms with van der Waals surface area (Å²) >= 11 is 7.41. The molecule has 0 radical (unpaired) electrons. The van der Waals surface area contributed by atoms with E-state index in [0.29, 0.717) is 5.13 Å². The molecule has 2 aromatic carbocycles. The van der Waals surface area contributed by atoms with Crippen LogP contribution in [0.4, 0.5) is 15.2 Å². The molecule has 3 rings (SSSR count). The molecule has 3 aromatic rings. The Morgan fingerprint density at radius 1 is 1.13 bits per heavy atom. The van der Waals surface area contributed by atoms with E-state index in [9.17, 15) is 17.6 Å². The minimum absolute atomic E-state index is 0.0251. The third kappa shape index (κ3) is 5.57. The Labute approximate surface area is 188 Å². The molecule has 0 bridgehead atoms. The lowest BCUT2D eigenvalue weighted by molar-refractivity contribution is 0.102. The minimum atomic E-state index is -4.02. The van der Waals surface area contributed by atoms with E-state index in [1.54, 1.807) is 0 Å². The van der Waals surface area contributed by atoms with E-state index in [1.807, 2.05) is 0 Å². The molecule has 0 saturated carbocycles. The van der Waals surface area contributed by atoms with Crippen LogP contribution in [0.2, 0.25) is 5.02 Å². The van der Waals surface area contributed by atoms with Gasteiger partial charge in [0.25, 0.3) is 15.9 Å². The number of halogens is 2. The first-order valence-electron chi connectivity index (χ1n) is 9.46. The van der Waals surface area contributed by atoms with Gasteiger partial charge >= 0.3 is 0 Å². The molecule has 1 heterocycles. The van der Waals surface area contributed by atoms with Gasteiger partial charge in [-0.15, -0.1) is 10.2 Å². The number of carbonyl (C=O) groups is 1. The van der Waals surface area contributed by atoms with Crippen LogP contribution in [0, 0.1) is 5.82 Å². The molecule has 0 atom stereocenters. The first-order valence-corrected chi connectivity index (χ1v) is 12.1. The van der Waals surface area contributed by atoms with Crippen molar-refractivity contribution in [3.8, 4) is 0 Å². The van der Waals surface area contributed by atoms with Crippen molar-refractivity contribution in [2.24, 2.45) is 0 Å². The van der Waals surface area contributed by atoms with Crippen LogP contribution in [0.1, 0.15) is 48.0 Å². The lowest BCUT2D eigenvalue weighted by atomic mass is 10.1. The van der Waals surface area contributed by atoms with Crippen molar-refractivity contribution < 1.29 is 17.6 Å². The molecule has 0 aliphatic carbocycles. The number of carbonyl (C=O) groups excluding carboxylic acids is 1. The normalized spacial score (nSPS) is 11.5. The highest BCUT2D eigenvalue weighted by Crippen LogP contribution is 2.29. The summed E-state index contributed by atoms with van der Waals surface area (Å²) in [6, 6.07) is 8.64. The van der Waals surface area contributed by atoms with Gasteiger partial charge in [-0.2, -0.15) is 0 Å². The Morgan fingerprint density at radius 3 is 2.45 bits per heavy atom. The summed E-state index contributed by atoms with van der Waals surface area (Å²) in [7, 11) is -4.02. The van der Waals surface area contributed by atoms with Gasteiger partial charge in [0.2, 0.25) is 5.13 Å². The van der Waals surface area contributed by atoms with Crippen molar-refractivity contribution in [2.75, 3.05) is 10.0 Å². The Hall–Kier alpha value is -2.56. The number of hydrogen-bond acceptors (Lipinski definition) is 6. The molecule has 1 amide bonds. The van der Waals surface area contributed by atoms with Crippen molar-refractivity contribution >= 4 is 49.7 Å². The molecule has 0 spiro atoms. The number of nitrogens with zero attached hydrogens (tertiary/aromatic N) is 2. The van der Waals surface area contributed by atoms with Crippen LogP contribution in [0.15, 0.2) is 47.4 Å². The van der Waals surface area contributed by atoms with Crippen molar-refractivity contribution in [3.05, 3.63) is 63.9 Å². The van der Waals surface area contributed by atoms with E-state index in [4.69, 9.17) is 11.6 Å². The van der Waals surface area contributed by atoms with Crippen LogP contribution in [0.25, 0.3) is 0 Å². The molecular formula is C20H20ClFN4O3S2. The number of anilines is 2. The third-order valence-corrected chi connectivity index (χ3v) is 7.29. The average Bonchev–Trinajstić information content (AvgIpc) is 3.18. The van der Waals surface area contributed by atoms with Crippen molar-refractivity contribution in [1.82, 2.24) is 10.2 Å². The summed E-state index contributed by atoms with van der Waals surface area (Å²) in [4.78, 5) is 12.5. The third-order valence-electron chi connectivity index (χ3n) is 4.59. The second-order valence-corrected chi connectivity index (χ2v) is 9.77. The quantitative estimate of drug-likeness (QED) is 0.454. The molecule has 2 N–H and O–H groups in total. The van der Waals surface area contributed by atoms with Crippen LogP contribution in [0.5, 0.6) is 0 Å². The summed E-state index contributed by atoms with van der Waals surface area (Å²) in [5.74, 6) is -0.828. The van der Waals surface area contributed by atoms with Crippen molar-refractivity contribution in [3.63, 3.8) is 0 Å². The molecule has 0 aliphatic rings. The highest BCUT2D eigenvalue weighted by molar-refractivity contribution is 7.92. The molecule has 31 heavy (non-hydrogen) atoms. The maximum absolute atomic E-state index is 13.0. The van der Waals surface area contributed by atoms with Gasteiger partial charge in [0.05, 0.1) is 15.5 Å². The Morgan fingerprint density at radius 2 is 1.81 bits per heavy atom. The lowest BCUT2D eigenvalue weighted by Crippen LogP contribution is -2.16. The van der Waals surface area contributed by atoms with E-state index in [0.717, 1.165) is 30.0 Å². The maximum atomic E-state index is 13.0. The molecule has 0 fully saturated rings. The zero-order valence-corrected chi connectivity index (χ0v) is 19.1. The summed E-state index contributed by atoms with van der Waals surface area (Å²) in [5, 5.41) is 12.0. The molecular weight excluding hydrogens is 463 g/mol. The zero-order chi connectivity index (χ0) is 22.6. The number of sulfonamides is 1. The second-order valence-electron chi connectivity index (χ2n) is 6.67. The van der Waals surface area contributed by atoms with Crippen LogP contribution < -0.4 is 10.0 Å². The van der Waals surface area contributed by atoms with Gasteiger partial charge in [0, 0.05) is 11.6 Å². The first kappa shape index (κ1) is 23.1. The summed E-state index contributed by atoms with van der Waals surface area (Å²) in [6.45, 7) is 4.11. The summed E-state index contributed by atoms with van der Waals surface area (Å²) in [6.07, 6.45) is 1.82. The van der Waals surface area contributed by atoms with Crippen LogP contribution in [-0.4, -0.2) is 24.5 Å². The zero-order valence-electron chi connectivity index (χ0n) is 16.7. The van der Waals surface area contributed by atoms with E-state index in [2.05, 4.69) is 34.1 Å². The largest absolute Gasteiger partial charge is 0.296 e. The molecule has 1 aromatic heterocycles. The van der Waals surface area contributed by atoms with Gasteiger partial charge in [-0.25, -0.2) is 12.8 Å². The smallest absolute Gasteiger partial charge is 0.261 e. The summed E-state index contributed by atoms with van der Waals surface area (Å²) in [5.41, 5.74) is 0.160. The monoisotopic (exact) mass is 482 g/mol. The fraction of sp³-hybridized carbons (Fsp3) is 0.250. The number of aromatic nitrogens is 2. The molecule has 11 heteroatoms. The number of nitrogens with one attached hydrogen (secondary N) is 2. The van der Waals surface area contributed by atoms with Gasteiger partial charge < -0.3 is 0 Å². The number of rotatable bonds is 8. The minimum Gasteiger partial charge on any atom is -0.296 e. The fourth-order valence-corrected chi connectivity index (χ4v) is 5.12. The Balaban J connectivity index is 1.81. The topological polar surface area (TPSA) is 101 Å². The molecule has 164 valence electrons. The average molecular weight is 483 g/mol. The predicted molar refractivity (Wildman–Crippen MR) is 120 cm³/mol. The predicted octanol–water partition coefficient (Wildman–Crippen LogP) is 5.29. The van der Waals surface area contributed by atoms with Crippen LogP contribution in [-0.2, 0) is 10.0 Å². The molecule has 0 unspecified atom stereocenters. The first-order chi connectivity index (χ1) is 14.7. The van der Waals surface area contributed by atoms with Crippen molar-refractivity contribution in [1.29, 1.82) is 0 Å². The summed E-state index contributed by atoms with van der Waals surface area (Å²) < 4.78 is 40.7. The van der Waals surface area contributed by atoms with Gasteiger partial charge in [0.1, 0.15) is 10.8 Å². The van der Waals surface area contributed by atoms with Gasteiger partial charge in [0.15, 0.2) is 0 Å². The van der Waals surface area contributed by atoms with E-state index >= 15 is 0 Å². The standard InChI is InChI=1S/C20H20ClFN4O3S2/c1-3-12(4-2)19-24-25-20(30-19)23-18(27)16-11-15(9-10-17(16)21)31(28,29)26-14-7-5-13(22)6-8-14/h5-12,26H,3-4H2,1-2H3,(H,23,25,27). The van der Waals surface area contributed by atoms with Gasteiger partial charge in [-0.05, 0) is 55.3 Å². The number of benzene rings is 2. The van der Waals surface area contributed by atoms with E-state index in [-0.39, 0.29) is 27.1 Å². The SMILES string of the molecule is CCC(CC)c1nnc(NC(=O)c2cc(S(=O)(=O)Nc3ccc(F)cc3)ccc2Cl)s1. The second kappa shape index (κ2) is 9.71. The van der Waals surface area contributed by atoms with Crippen LogP contribution >= 0.6 is 22.9 Å². The molecule has 0 saturated heterocycles. The highest BCUT2D eigenvalue weighted by Gasteiger charge is 2.21. The number of hydrogen-bond donors (Lipinski definition) is 2. The van der Waals surface area contributed by atoms with E-state index in [1.165, 1.54) is 41.7 Å². The molecule has 0 aliphatic heterocycles. The van der Waals surface area contributed by atoms with E-state index < -0.39 is 21.7 Å².